The van der Waals surface area contributed by atoms with E-state index in [9.17, 15) is 20.4 Å². The van der Waals surface area contributed by atoms with Crippen LogP contribution in [0.15, 0.2) is 165 Å². The molecule has 0 unspecified atom stereocenters. The first-order valence-corrected chi connectivity index (χ1v) is 32.6. The van der Waals surface area contributed by atoms with Crippen LogP contribution in [0.1, 0.15) is 70.3 Å². The van der Waals surface area contributed by atoms with Crippen LogP contribution in [0.4, 0.5) is 23.3 Å². The van der Waals surface area contributed by atoms with E-state index in [1.54, 1.807) is 48.8 Å². The molecule has 97 heavy (non-hydrogen) atoms. The van der Waals surface area contributed by atoms with Crippen LogP contribution in [0.5, 0.6) is 23.0 Å². The standard InChI is InChI=1S/C20H25N5O.2C19H23N5O.C16H22N4O/c1-4-16(21)11-22-19-9-13(2)23-20(24-19)17-10-14(5-6-18(17)26)15-7-8-25(3)12-15;2*1-3-15(20)11-22-18-6-8-21-19(23-18)16-10-13(4-5-17(16)25)14-7-9-24(2)12-14;1-4-12(17)9-18-15-8-11(3)19-16(20-15)13-7-10(2)5-6-14(13)21/h5-10,12,16,26H,4,11,21H2,1-3H3,(H,22,23,24);2*4-10,12,15,25H,3,11,20H2,1-2H3,(H,21,22,23);5-8,12,21H,4,9,17H2,1-3H3,(H,18,19,20)/t16-;2*15-;12-/m1111/s1. The van der Waals surface area contributed by atoms with E-state index in [0.717, 1.165) is 81.8 Å². The lowest BCUT2D eigenvalue weighted by Crippen LogP contribution is -2.28. The van der Waals surface area contributed by atoms with Crippen molar-refractivity contribution < 1.29 is 20.4 Å². The second-order valence-electron chi connectivity index (χ2n) is 24.1. The maximum absolute atomic E-state index is 10.4. The minimum atomic E-state index is 0.0727. The number of hydrogen-bond acceptors (Lipinski definition) is 20. The largest absolute Gasteiger partial charge is 0.507 e. The van der Waals surface area contributed by atoms with Gasteiger partial charge in [0.2, 0.25) is 0 Å². The van der Waals surface area contributed by atoms with Crippen molar-refractivity contribution in [3.05, 3.63) is 182 Å². The van der Waals surface area contributed by atoms with Gasteiger partial charge in [0.25, 0.3) is 0 Å². The third-order valence-electron chi connectivity index (χ3n) is 15.9. The number of nitrogens with two attached hydrogens (primary N) is 4. The van der Waals surface area contributed by atoms with Gasteiger partial charge < -0.3 is 78.3 Å². The molecule has 508 valence electrons. The molecule has 0 saturated carbocycles. The van der Waals surface area contributed by atoms with E-state index >= 15 is 0 Å². The Bertz CT molecular complexity index is 4190. The van der Waals surface area contributed by atoms with Crippen molar-refractivity contribution in [2.75, 3.05) is 47.4 Å². The molecule has 16 N–H and O–H groups in total. The van der Waals surface area contributed by atoms with E-state index in [1.165, 1.54) is 0 Å². The predicted molar refractivity (Wildman–Crippen MR) is 391 cm³/mol. The van der Waals surface area contributed by atoms with Crippen molar-refractivity contribution in [2.45, 2.75) is 98.3 Å². The smallest absolute Gasteiger partial charge is 0.165 e. The first-order chi connectivity index (χ1) is 46.6. The Hall–Kier alpha value is -10.7. The second-order valence-corrected chi connectivity index (χ2v) is 24.1. The highest BCUT2D eigenvalue weighted by molar-refractivity contribution is 5.77. The molecule has 7 aromatic heterocycles. The van der Waals surface area contributed by atoms with E-state index in [1.807, 2.05) is 192 Å². The first kappa shape index (κ1) is 72.1. The van der Waals surface area contributed by atoms with Crippen LogP contribution in [0.25, 0.3) is 78.9 Å². The van der Waals surface area contributed by atoms with Gasteiger partial charge in [-0.25, -0.2) is 39.9 Å². The Labute approximate surface area is 568 Å². The maximum atomic E-state index is 10.4. The number of rotatable bonds is 23. The topological polar surface area (TPSA) is 351 Å². The Morgan fingerprint density at radius 1 is 0.351 bits per heavy atom. The number of hydrogen-bond donors (Lipinski definition) is 12. The highest BCUT2D eigenvalue weighted by Gasteiger charge is 2.17. The van der Waals surface area contributed by atoms with Crippen LogP contribution in [-0.2, 0) is 21.1 Å². The summed E-state index contributed by atoms with van der Waals surface area (Å²) in [6, 6.07) is 35.6. The average molecular weight is 1310 g/mol. The van der Waals surface area contributed by atoms with Crippen LogP contribution < -0.4 is 44.2 Å². The fraction of sp³-hybridized carbons (Fsp3) is 0.297. The Morgan fingerprint density at radius 2 is 0.649 bits per heavy atom. The molecule has 0 amide bonds. The number of phenolic OH excluding ortho intramolecular Hbond substituents is 4. The second kappa shape index (κ2) is 34.6. The summed E-state index contributed by atoms with van der Waals surface area (Å²) < 4.78 is 5.96. The van der Waals surface area contributed by atoms with Crippen LogP contribution >= 0.6 is 0 Å². The summed E-state index contributed by atoms with van der Waals surface area (Å²) in [4.78, 5) is 35.6. The van der Waals surface area contributed by atoms with Crippen LogP contribution in [0.3, 0.4) is 0 Å². The van der Waals surface area contributed by atoms with E-state index in [-0.39, 0.29) is 47.2 Å². The predicted octanol–water partition coefficient (Wildman–Crippen LogP) is 11.9. The lowest BCUT2D eigenvalue weighted by atomic mass is 10.0. The summed E-state index contributed by atoms with van der Waals surface area (Å²) in [5, 5.41) is 53.8. The highest BCUT2D eigenvalue weighted by Crippen LogP contribution is 2.36. The lowest BCUT2D eigenvalue weighted by molar-refractivity contribution is 0.476. The zero-order valence-electron chi connectivity index (χ0n) is 57.1. The number of anilines is 4. The minimum Gasteiger partial charge on any atom is -0.507 e. The molecule has 0 bridgehead atoms. The SMILES string of the molecule is CC[C@@H](N)CNc1cc(C)nc(-c2cc(-c3ccn(C)c3)ccc2O)n1.CC[C@@H](N)CNc1cc(C)nc(-c2cc(C)ccc2O)n1.CC[C@@H](N)CNc1ccnc(-c2cc(-c3ccn(C)c3)ccc2O)n1.CC[C@@H](N)CNc1ccnc(-c2cc(-c3ccn(C)c3)ccc2O)n1. The third kappa shape index (κ3) is 20.9. The van der Waals surface area contributed by atoms with Gasteiger partial charge >= 0.3 is 0 Å². The van der Waals surface area contributed by atoms with Crippen molar-refractivity contribution in [1.29, 1.82) is 0 Å². The lowest BCUT2D eigenvalue weighted by Gasteiger charge is -2.13. The number of nitrogens with zero attached hydrogens (tertiary/aromatic N) is 11. The molecule has 0 radical (unpaired) electrons. The monoisotopic (exact) mass is 1310 g/mol. The van der Waals surface area contributed by atoms with Gasteiger partial charge in [-0.3, -0.25) is 0 Å². The normalized spacial score (nSPS) is 12.1. The molecule has 4 atom stereocenters. The molecule has 11 rings (SSSR count). The molecule has 23 nitrogen and oxygen atoms in total. The molecule has 0 spiro atoms. The molecule has 23 heteroatoms. The molecular formula is C74H93N19O4. The van der Waals surface area contributed by atoms with Crippen LogP contribution in [0.2, 0.25) is 0 Å². The molecule has 0 saturated heterocycles. The van der Waals surface area contributed by atoms with Crippen LogP contribution in [0, 0.1) is 20.8 Å². The van der Waals surface area contributed by atoms with Gasteiger partial charge in [-0.2, -0.15) is 0 Å². The summed E-state index contributed by atoms with van der Waals surface area (Å²) in [7, 11) is 5.93. The molecular weight excluding hydrogens is 1220 g/mol. The summed E-state index contributed by atoms with van der Waals surface area (Å²) in [5.74, 6) is 5.44. The zero-order chi connectivity index (χ0) is 69.7. The molecule has 0 aliphatic rings. The van der Waals surface area contributed by atoms with E-state index in [4.69, 9.17) is 22.9 Å². The molecule has 0 aliphatic carbocycles. The summed E-state index contributed by atoms with van der Waals surface area (Å²) in [6.07, 6.45) is 19.0. The van der Waals surface area contributed by atoms with Crippen LogP contribution in [-0.4, -0.2) is 124 Å². The highest BCUT2D eigenvalue weighted by atomic mass is 16.3. The van der Waals surface area contributed by atoms with Crippen molar-refractivity contribution >= 4 is 23.3 Å². The van der Waals surface area contributed by atoms with Gasteiger partial charge in [0.15, 0.2) is 23.3 Å². The molecule has 11 aromatic rings. The van der Waals surface area contributed by atoms with Crippen molar-refractivity contribution in [3.63, 3.8) is 0 Å². The average Bonchev–Trinajstić information content (AvgIpc) is 1.76. The maximum Gasteiger partial charge on any atom is 0.165 e. The van der Waals surface area contributed by atoms with Crippen molar-refractivity contribution in [3.8, 4) is 102 Å². The van der Waals surface area contributed by atoms with Gasteiger partial charge in [-0.05, 0) is 159 Å². The summed E-state index contributed by atoms with van der Waals surface area (Å²) in [5.41, 5.74) is 35.2. The van der Waals surface area contributed by atoms with Gasteiger partial charge in [0.1, 0.15) is 46.3 Å². The zero-order valence-corrected chi connectivity index (χ0v) is 57.1. The van der Waals surface area contributed by atoms with E-state index in [0.29, 0.717) is 89.2 Å². The quantitative estimate of drug-likeness (QED) is 0.0283. The van der Waals surface area contributed by atoms with Gasteiger partial charge in [-0.1, -0.05) is 57.5 Å². The number of aromatic hydroxyl groups is 4. The van der Waals surface area contributed by atoms with Crippen molar-refractivity contribution in [1.82, 2.24) is 53.6 Å². The van der Waals surface area contributed by atoms with Crippen molar-refractivity contribution in [2.24, 2.45) is 44.1 Å². The van der Waals surface area contributed by atoms with Gasteiger partial charge in [0.05, 0.1) is 22.3 Å². The number of aryl methyl sites for hydroxylation is 6. The van der Waals surface area contributed by atoms with E-state index in [2.05, 4.69) is 68.1 Å². The molecule has 0 aliphatic heterocycles. The molecule has 4 aromatic carbocycles. The first-order valence-electron chi connectivity index (χ1n) is 32.6. The summed E-state index contributed by atoms with van der Waals surface area (Å²) >= 11 is 0. The Kier molecular flexibility index (Phi) is 25.7. The fourth-order valence-corrected chi connectivity index (χ4v) is 9.79. The number of benzene rings is 4. The third-order valence-corrected chi connectivity index (χ3v) is 15.9. The molecule has 0 fully saturated rings. The molecule has 7 heterocycles. The summed E-state index contributed by atoms with van der Waals surface area (Å²) in [6.45, 7) is 16.6. The number of nitrogens with one attached hydrogen (secondary N) is 4. The van der Waals surface area contributed by atoms with Gasteiger partial charge in [-0.15, -0.1) is 0 Å². The van der Waals surface area contributed by atoms with E-state index < -0.39 is 0 Å². The number of aromatic nitrogens is 11. The number of phenols is 4. The fourth-order valence-electron chi connectivity index (χ4n) is 9.79. The Balaban J connectivity index is 0.000000166. The minimum absolute atomic E-state index is 0.0727. The van der Waals surface area contributed by atoms with Gasteiger partial charge in [0, 0.05) is 145 Å². The Morgan fingerprint density at radius 3 is 0.969 bits per heavy atom.